The molecule has 142 valence electrons. The van der Waals surface area contributed by atoms with Gasteiger partial charge in [-0.3, -0.25) is 9.59 Å². The van der Waals surface area contributed by atoms with E-state index < -0.39 is 17.6 Å². The molecule has 0 radical (unpaired) electrons. The summed E-state index contributed by atoms with van der Waals surface area (Å²) in [5.41, 5.74) is -0.306. The fraction of sp³-hybridized carbons (Fsp3) is 0.294. The van der Waals surface area contributed by atoms with E-state index in [-0.39, 0.29) is 23.6 Å². The molecule has 0 spiro atoms. The van der Waals surface area contributed by atoms with Gasteiger partial charge in [0.15, 0.2) is 0 Å². The van der Waals surface area contributed by atoms with Crippen molar-refractivity contribution in [3.05, 3.63) is 57.8 Å². The van der Waals surface area contributed by atoms with Crippen LogP contribution in [0.3, 0.4) is 0 Å². The van der Waals surface area contributed by atoms with Gasteiger partial charge in [0, 0.05) is 17.4 Å². The number of alkyl halides is 3. The Bertz CT molecular complexity index is 1050. The van der Waals surface area contributed by atoms with Gasteiger partial charge in [-0.2, -0.15) is 22.7 Å². The highest BCUT2D eigenvalue weighted by Crippen LogP contribution is 2.29. The number of carbonyl (C=O) groups is 1. The first-order chi connectivity index (χ1) is 12.7. The van der Waals surface area contributed by atoms with E-state index in [2.05, 4.69) is 15.4 Å². The third kappa shape index (κ3) is 3.83. The second-order valence-electron chi connectivity index (χ2n) is 5.91. The van der Waals surface area contributed by atoms with Gasteiger partial charge in [-0.25, -0.2) is 0 Å². The quantitative estimate of drug-likeness (QED) is 0.755. The van der Waals surface area contributed by atoms with Crippen molar-refractivity contribution in [2.75, 3.05) is 5.32 Å². The van der Waals surface area contributed by atoms with Crippen LogP contribution in [0.25, 0.3) is 5.78 Å². The van der Waals surface area contributed by atoms with Crippen LogP contribution >= 0.6 is 0 Å². The summed E-state index contributed by atoms with van der Waals surface area (Å²) in [4.78, 5) is 28.6. The SMILES string of the molecule is CCc1cc(=O)n2nc(C)nc2n1CC(=O)Nc1ccc(C(F)(F)F)cc1. The molecule has 2 aromatic heterocycles. The van der Waals surface area contributed by atoms with Gasteiger partial charge in [0.05, 0.1) is 5.56 Å². The lowest BCUT2D eigenvalue weighted by atomic mass is 10.2. The zero-order valence-corrected chi connectivity index (χ0v) is 14.5. The molecule has 10 heteroatoms. The van der Waals surface area contributed by atoms with Gasteiger partial charge >= 0.3 is 6.18 Å². The maximum Gasteiger partial charge on any atom is 0.416 e. The van der Waals surface area contributed by atoms with Crippen LogP contribution in [-0.4, -0.2) is 25.1 Å². The maximum absolute atomic E-state index is 12.6. The fourth-order valence-corrected chi connectivity index (χ4v) is 2.69. The number of halogens is 3. The average Bonchev–Trinajstić information content (AvgIpc) is 2.99. The molecule has 1 N–H and O–H groups in total. The fourth-order valence-electron chi connectivity index (χ4n) is 2.69. The predicted molar refractivity (Wildman–Crippen MR) is 91.4 cm³/mol. The molecule has 3 rings (SSSR count). The van der Waals surface area contributed by atoms with Gasteiger partial charge in [0.1, 0.15) is 12.4 Å². The van der Waals surface area contributed by atoms with Crippen molar-refractivity contribution in [2.24, 2.45) is 0 Å². The van der Waals surface area contributed by atoms with Crippen molar-refractivity contribution in [2.45, 2.75) is 33.0 Å². The van der Waals surface area contributed by atoms with Crippen molar-refractivity contribution in [3.8, 4) is 0 Å². The summed E-state index contributed by atoms with van der Waals surface area (Å²) in [6.07, 6.45) is -3.95. The lowest BCUT2D eigenvalue weighted by Crippen LogP contribution is -2.26. The molecule has 0 bridgehead atoms. The summed E-state index contributed by atoms with van der Waals surface area (Å²) < 4.78 is 40.5. The molecule has 0 atom stereocenters. The predicted octanol–water partition coefficient (Wildman–Crippen LogP) is 2.42. The summed E-state index contributed by atoms with van der Waals surface area (Å²) in [5, 5.41) is 6.55. The Kier molecular flexibility index (Phi) is 4.73. The minimum absolute atomic E-state index is 0.161. The molecule has 0 fully saturated rings. The van der Waals surface area contributed by atoms with Crippen LogP contribution < -0.4 is 10.9 Å². The molecule has 0 saturated carbocycles. The Hall–Kier alpha value is -3.17. The molecule has 27 heavy (non-hydrogen) atoms. The molecule has 1 aromatic carbocycles. The first kappa shape index (κ1) is 18.6. The zero-order chi connectivity index (χ0) is 19.8. The summed E-state index contributed by atoms with van der Waals surface area (Å²) in [7, 11) is 0. The monoisotopic (exact) mass is 379 g/mol. The van der Waals surface area contributed by atoms with E-state index in [0.29, 0.717) is 17.9 Å². The van der Waals surface area contributed by atoms with Crippen molar-refractivity contribution in [3.63, 3.8) is 0 Å². The van der Waals surface area contributed by atoms with Gasteiger partial charge in [-0.1, -0.05) is 6.92 Å². The van der Waals surface area contributed by atoms with Crippen LogP contribution in [0, 0.1) is 6.92 Å². The van der Waals surface area contributed by atoms with Crippen LogP contribution in [-0.2, 0) is 23.9 Å². The minimum atomic E-state index is -4.44. The first-order valence-corrected chi connectivity index (χ1v) is 8.12. The number of rotatable bonds is 4. The summed E-state index contributed by atoms with van der Waals surface area (Å²) in [5.74, 6) is 0.160. The van der Waals surface area contributed by atoms with E-state index in [4.69, 9.17) is 0 Å². The topological polar surface area (TPSA) is 81.3 Å². The van der Waals surface area contributed by atoms with E-state index in [0.717, 1.165) is 16.6 Å². The molecule has 1 amide bonds. The van der Waals surface area contributed by atoms with E-state index in [1.165, 1.54) is 18.2 Å². The van der Waals surface area contributed by atoms with Gasteiger partial charge < -0.3 is 9.88 Å². The Balaban J connectivity index is 1.86. The van der Waals surface area contributed by atoms with Crippen LogP contribution in [0.15, 0.2) is 35.1 Å². The van der Waals surface area contributed by atoms with Gasteiger partial charge in [0.25, 0.3) is 5.56 Å². The highest BCUT2D eigenvalue weighted by molar-refractivity contribution is 5.90. The molecular weight excluding hydrogens is 363 g/mol. The van der Waals surface area contributed by atoms with Crippen LogP contribution in [0.1, 0.15) is 24.0 Å². The van der Waals surface area contributed by atoms with Crippen LogP contribution in [0.2, 0.25) is 0 Å². The number of hydrogen-bond donors (Lipinski definition) is 1. The van der Waals surface area contributed by atoms with Crippen molar-refractivity contribution in [1.82, 2.24) is 19.2 Å². The first-order valence-electron chi connectivity index (χ1n) is 8.12. The third-order valence-corrected chi connectivity index (χ3v) is 3.94. The molecule has 0 unspecified atom stereocenters. The van der Waals surface area contributed by atoms with Gasteiger partial charge in [0.2, 0.25) is 11.7 Å². The largest absolute Gasteiger partial charge is 0.416 e. The van der Waals surface area contributed by atoms with E-state index in [1.54, 1.807) is 11.5 Å². The minimum Gasteiger partial charge on any atom is -0.325 e. The number of carbonyl (C=O) groups excluding carboxylic acids is 1. The molecule has 0 aliphatic rings. The van der Waals surface area contributed by atoms with Gasteiger partial charge in [-0.15, -0.1) is 5.10 Å². The zero-order valence-electron chi connectivity index (χ0n) is 14.5. The standard InChI is InChI=1S/C17H16F3N5O2/c1-3-13-8-15(27)25-16(21-10(2)23-25)24(13)9-14(26)22-12-6-4-11(5-7-12)17(18,19)20/h4-8H,3,9H2,1-2H3,(H,22,26). The number of anilines is 1. The second-order valence-corrected chi connectivity index (χ2v) is 5.91. The van der Waals surface area contributed by atoms with Crippen molar-refractivity contribution < 1.29 is 18.0 Å². The number of hydrogen-bond acceptors (Lipinski definition) is 4. The number of aryl methyl sites for hydroxylation is 2. The smallest absolute Gasteiger partial charge is 0.325 e. The molecule has 7 nitrogen and oxygen atoms in total. The van der Waals surface area contributed by atoms with Crippen LogP contribution in [0.5, 0.6) is 0 Å². The molecule has 2 heterocycles. The second kappa shape index (κ2) is 6.86. The highest BCUT2D eigenvalue weighted by Gasteiger charge is 2.30. The Labute approximate surface area is 151 Å². The Morgan fingerprint density at radius 1 is 1.22 bits per heavy atom. The lowest BCUT2D eigenvalue weighted by Gasteiger charge is -2.13. The van der Waals surface area contributed by atoms with Crippen molar-refractivity contribution >= 4 is 17.4 Å². The molecule has 3 aromatic rings. The van der Waals surface area contributed by atoms with E-state index in [9.17, 15) is 22.8 Å². The molecular formula is C17H16F3N5O2. The van der Waals surface area contributed by atoms with Crippen molar-refractivity contribution in [1.29, 1.82) is 0 Å². The van der Waals surface area contributed by atoms with Crippen LogP contribution in [0.4, 0.5) is 18.9 Å². The number of amides is 1. The third-order valence-electron chi connectivity index (χ3n) is 3.94. The number of fused-ring (bicyclic) bond motifs is 1. The normalized spacial score (nSPS) is 11.7. The number of nitrogens with one attached hydrogen (secondary N) is 1. The molecule has 0 saturated heterocycles. The highest BCUT2D eigenvalue weighted by atomic mass is 19.4. The number of aromatic nitrogens is 4. The van der Waals surface area contributed by atoms with E-state index >= 15 is 0 Å². The summed E-state index contributed by atoms with van der Waals surface area (Å²) >= 11 is 0. The molecule has 0 aliphatic heterocycles. The Morgan fingerprint density at radius 2 is 1.89 bits per heavy atom. The molecule has 0 aliphatic carbocycles. The average molecular weight is 379 g/mol. The summed E-state index contributed by atoms with van der Waals surface area (Å²) in [6.45, 7) is 3.30. The summed E-state index contributed by atoms with van der Waals surface area (Å²) in [6, 6.07) is 5.54. The number of benzene rings is 1. The number of nitrogens with zero attached hydrogens (tertiary/aromatic N) is 4. The van der Waals surface area contributed by atoms with Gasteiger partial charge in [-0.05, 0) is 37.6 Å². The van der Waals surface area contributed by atoms with E-state index in [1.807, 2.05) is 6.92 Å². The Morgan fingerprint density at radius 3 is 2.48 bits per heavy atom. The lowest BCUT2D eigenvalue weighted by molar-refractivity contribution is -0.137. The maximum atomic E-state index is 12.6.